The third-order valence-corrected chi connectivity index (χ3v) is 2.49. The van der Waals surface area contributed by atoms with Gasteiger partial charge in [0.25, 0.3) is 0 Å². The standard InChI is InChI=1S/C6H10/c1-5-4-6(5)2-3-6/h5H,2-4H2,1H3/t5-/m1/s1. The molecule has 0 aromatic heterocycles. The summed E-state index contributed by atoms with van der Waals surface area (Å²) in [6, 6.07) is 0. The molecule has 2 aliphatic carbocycles. The number of hydrogen-bond acceptors (Lipinski definition) is 0. The molecule has 0 nitrogen and oxygen atoms in total. The van der Waals surface area contributed by atoms with E-state index in [9.17, 15) is 0 Å². The van der Waals surface area contributed by atoms with E-state index in [1.54, 1.807) is 19.3 Å². The highest BCUT2D eigenvalue weighted by Gasteiger charge is 2.59. The van der Waals surface area contributed by atoms with E-state index < -0.39 is 0 Å². The van der Waals surface area contributed by atoms with Gasteiger partial charge in [0.05, 0.1) is 0 Å². The molecule has 2 rings (SSSR count). The topological polar surface area (TPSA) is 0 Å². The first-order valence-electron chi connectivity index (χ1n) is 2.83. The molecule has 0 saturated heterocycles. The van der Waals surface area contributed by atoms with Crippen LogP contribution in [0.3, 0.4) is 0 Å². The molecule has 2 aliphatic rings. The predicted octanol–water partition coefficient (Wildman–Crippen LogP) is 1.81. The molecule has 0 heteroatoms. The Morgan fingerprint density at radius 2 is 2.00 bits per heavy atom. The van der Waals surface area contributed by atoms with Crippen molar-refractivity contribution in [1.82, 2.24) is 0 Å². The van der Waals surface area contributed by atoms with Gasteiger partial charge in [-0.25, -0.2) is 0 Å². The molecule has 2 saturated carbocycles. The zero-order valence-corrected chi connectivity index (χ0v) is 4.20. The Balaban J connectivity index is 2.17. The second kappa shape index (κ2) is 0.556. The summed E-state index contributed by atoms with van der Waals surface area (Å²) in [5.74, 6) is 1.11. The van der Waals surface area contributed by atoms with Crippen LogP contribution in [0.4, 0.5) is 0 Å². The highest BCUT2D eigenvalue weighted by Crippen LogP contribution is 2.70. The Morgan fingerprint density at radius 1 is 1.50 bits per heavy atom. The van der Waals surface area contributed by atoms with Crippen molar-refractivity contribution in [3.05, 3.63) is 0 Å². The summed E-state index contributed by atoms with van der Waals surface area (Å²) in [5, 5.41) is 0. The molecule has 0 radical (unpaired) electrons. The lowest BCUT2D eigenvalue weighted by atomic mass is 10.3. The summed E-state index contributed by atoms with van der Waals surface area (Å²) in [4.78, 5) is 0. The fourth-order valence-corrected chi connectivity index (χ4v) is 1.41. The number of hydrogen-bond donors (Lipinski definition) is 0. The lowest BCUT2D eigenvalue weighted by Crippen LogP contribution is -1.64. The summed E-state index contributed by atoms with van der Waals surface area (Å²) in [7, 11) is 0. The Kier molecular flexibility index (Phi) is 0.283. The first-order valence-corrected chi connectivity index (χ1v) is 2.83. The quantitative estimate of drug-likeness (QED) is 0.418. The minimum absolute atomic E-state index is 0.958. The molecule has 0 bridgehead atoms. The van der Waals surface area contributed by atoms with Gasteiger partial charge in [0.2, 0.25) is 0 Å². The molecular weight excluding hydrogens is 72.1 g/mol. The second-order valence-corrected chi connectivity index (χ2v) is 2.97. The van der Waals surface area contributed by atoms with Gasteiger partial charge in [-0.2, -0.15) is 0 Å². The van der Waals surface area contributed by atoms with Crippen molar-refractivity contribution in [2.24, 2.45) is 11.3 Å². The van der Waals surface area contributed by atoms with Crippen LogP contribution in [0.5, 0.6) is 0 Å². The molecule has 1 spiro atoms. The molecule has 0 amide bonds. The molecule has 0 aliphatic heterocycles. The maximum atomic E-state index is 2.37. The Hall–Kier alpha value is 0. The molecule has 34 valence electrons. The van der Waals surface area contributed by atoms with Crippen molar-refractivity contribution < 1.29 is 0 Å². The van der Waals surface area contributed by atoms with E-state index in [0.717, 1.165) is 11.3 Å². The molecule has 0 aromatic carbocycles. The molecule has 0 N–H and O–H groups in total. The molecule has 0 unspecified atom stereocenters. The van der Waals surface area contributed by atoms with Crippen LogP contribution in [0.2, 0.25) is 0 Å². The number of rotatable bonds is 0. The fraction of sp³-hybridized carbons (Fsp3) is 1.00. The maximum Gasteiger partial charge on any atom is -0.0268 e. The van der Waals surface area contributed by atoms with Crippen LogP contribution in [-0.4, -0.2) is 0 Å². The van der Waals surface area contributed by atoms with E-state index in [1.807, 2.05) is 0 Å². The van der Waals surface area contributed by atoms with Crippen LogP contribution in [0.1, 0.15) is 26.2 Å². The molecule has 6 heavy (non-hydrogen) atoms. The normalized spacial score (nSPS) is 46.5. The predicted molar refractivity (Wildman–Crippen MR) is 25.4 cm³/mol. The average molecular weight is 82.1 g/mol. The van der Waals surface area contributed by atoms with E-state index in [1.165, 1.54) is 0 Å². The van der Waals surface area contributed by atoms with Gasteiger partial charge < -0.3 is 0 Å². The second-order valence-electron chi connectivity index (χ2n) is 2.97. The van der Waals surface area contributed by atoms with Crippen LogP contribution in [0.15, 0.2) is 0 Å². The van der Waals surface area contributed by atoms with Crippen molar-refractivity contribution >= 4 is 0 Å². The summed E-state index contributed by atoms with van der Waals surface area (Å²) >= 11 is 0. The minimum Gasteiger partial charge on any atom is -0.0620 e. The van der Waals surface area contributed by atoms with Gasteiger partial charge in [0, 0.05) is 0 Å². The lowest BCUT2D eigenvalue weighted by molar-refractivity contribution is 0.772. The summed E-state index contributed by atoms with van der Waals surface area (Å²) in [6.45, 7) is 2.37. The minimum atomic E-state index is 0.958. The van der Waals surface area contributed by atoms with Crippen LogP contribution < -0.4 is 0 Å². The highest BCUT2D eigenvalue weighted by molar-refractivity contribution is 5.10. The van der Waals surface area contributed by atoms with Crippen LogP contribution >= 0.6 is 0 Å². The van der Waals surface area contributed by atoms with Gasteiger partial charge in [-0.1, -0.05) is 6.92 Å². The Bertz CT molecular complexity index is 80.0. The van der Waals surface area contributed by atoms with Crippen molar-refractivity contribution in [3.8, 4) is 0 Å². The zero-order chi connectivity index (χ0) is 4.20. The molecular formula is C6H10. The van der Waals surface area contributed by atoms with Gasteiger partial charge in [0.1, 0.15) is 0 Å². The summed E-state index contributed by atoms with van der Waals surface area (Å²) in [6.07, 6.45) is 4.65. The van der Waals surface area contributed by atoms with E-state index in [2.05, 4.69) is 6.92 Å². The van der Waals surface area contributed by atoms with Crippen LogP contribution in [0, 0.1) is 11.3 Å². The van der Waals surface area contributed by atoms with Gasteiger partial charge in [-0.15, -0.1) is 0 Å². The van der Waals surface area contributed by atoms with Gasteiger partial charge in [-0.3, -0.25) is 0 Å². The van der Waals surface area contributed by atoms with Gasteiger partial charge in [-0.05, 0) is 30.6 Å². The lowest BCUT2D eigenvalue weighted by Gasteiger charge is -1.71. The van der Waals surface area contributed by atoms with E-state index in [0.29, 0.717) is 0 Å². The van der Waals surface area contributed by atoms with E-state index in [4.69, 9.17) is 0 Å². The maximum absolute atomic E-state index is 2.37. The first-order chi connectivity index (χ1) is 2.83. The van der Waals surface area contributed by atoms with Crippen LogP contribution in [-0.2, 0) is 0 Å². The zero-order valence-electron chi connectivity index (χ0n) is 4.20. The van der Waals surface area contributed by atoms with E-state index >= 15 is 0 Å². The average Bonchev–Trinajstić information content (AvgIpc) is 2.25. The Morgan fingerprint density at radius 3 is 2.00 bits per heavy atom. The van der Waals surface area contributed by atoms with Crippen LogP contribution in [0.25, 0.3) is 0 Å². The van der Waals surface area contributed by atoms with Crippen molar-refractivity contribution in [2.45, 2.75) is 26.2 Å². The fourth-order valence-electron chi connectivity index (χ4n) is 1.41. The molecule has 2 fully saturated rings. The van der Waals surface area contributed by atoms with Crippen molar-refractivity contribution in [3.63, 3.8) is 0 Å². The Labute approximate surface area is 38.6 Å². The van der Waals surface area contributed by atoms with Crippen molar-refractivity contribution in [2.75, 3.05) is 0 Å². The molecule has 0 heterocycles. The largest absolute Gasteiger partial charge is 0.0620 e. The summed E-state index contributed by atoms with van der Waals surface area (Å²) in [5.41, 5.74) is 0.958. The SMILES string of the molecule is C[C@@H]1CC12CC2. The monoisotopic (exact) mass is 82.1 g/mol. The molecule has 0 aromatic rings. The van der Waals surface area contributed by atoms with Crippen molar-refractivity contribution in [1.29, 1.82) is 0 Å². The third-order valence-electron chi connectivity index (χ3n) is 2.49. The smallest absolute Gasteiger partial charge is 0.0268 e. The molecule has 1 atom stereocenters. The van der Waals surface area contributed by atoms with E-state index in [-0.39, 0.29) is 0 Å². The van der Waals surface area contributed by atoms with Gasteiger partial charge >= 0.3 is 0 Å². The third kappa shape index (κ3) is 0.184. The summed E-state index contributed by atoms with van der Waals surface area (Å²) < 4.78 is 0. The van der Waals surface area contributed by atoms with Gasteiger partial charge in [0.15, 0.2) is 0 Å². The first kappa shape index (κ1) is 3.06. The highest BCUT2D eigenvalue weighted by atomic mass is 14.6.